The maximum atomic E-state index is 13.1. The van der Waals surface area contributed by atoms with Crippen molar-refractivity contribution >= 4 is 15.9 Å². The first-order valence-electron chi connectivity index (χ1n) is 11.5. The summed E-state index contributed by atoms with van der Waals surface area (Å²) in [5, 5.41) is -0.282. The van der Waals surface area contributed by atoms with E-state index in [0.717, 1.165) is 50.5 Å². The minimum Gasteiger partial charge on any atom is -0.467 e. The molecular formula is C22H31N3O5S. The number of pyridine rings is 1. The highest BCUT2D eigenvalue weighted by Gasteiger charge is 2.42. The van der Waals surface area contributed by atoms with Crippen molar-refractivity contribution in [1.82, 2.24) is 14.6 Å². The molecule has 6 rings (SSSR count). The van der Waals surface area contributed by atoms with Gasteiger partial charge in [0.2, 0.25) is 15.9 Å². The summed E-state index contributed by atoms with van der Waals surface area (Å²) in [4.78, 5) is 19.3. The highest BCUT2D eigenvalue weighted by Crippen LogP contribution is 2.38. The Morgan fingerprint density at radius 3 is 2.68 bits per heavy atom. The predicted molar refractivity (Wildman–Crippen MR) is 114 cm³/mol. The third-order valence-electron chi connectivity index (χ3n) is 7.13. The van der Waals surface area contributed by atoms with Crippen LogP contribution in [0, 0.1) is 0 Å². The second-order valence-corrected chi connectivity index (χ2v) is 11.3. The third kappa shape index (κ3) is 4.59. The van der Waals surface area contributed by atoms with Crippen molar-refractivity contribution in [2.24, 2.45) is 0 Å². The molecule has 3 aliphatic heterocycles. The summed E-state index contributed by atoms with van der Waals surface area (Å²) in [6, 6.07) is 3.32. The minimum absolute atomic E-state index is 0.0985. The van der Waals surface area contributed by atoms with Crippen LogP contribution in [-0.4, -0.2) is 67.4 Å². The molecule has 4 heterocycles. The minimum atomic E-state index is -3.35. The summed E-state index contributed by atoms with van der Waals surface area (Å²) in [6.45, 7) is 0.836. The molecule has 0 radical (unpaired) electrons. The molecule has 1 amide bonds. The Morgan fingerprint density at radius 1 is 1.10 bits per heavy atom. The quantitative estimate of drug-likeness (QED) is 0.758. The van der Waals surface area contributed by atoms with Gasteiger partial charge in [0.15, 0.2) is 6.61 Å². The third-order valence-corrected chi connectivity index (χ3v) is 9.11. The van der Waals surface area contributed by atoms with Crippen LogP contribution >= 0.6 is 0 Å². The van der Waals surface area contributed by atoms with Crippen molar-refractivity contribution in [1.29, 1.82) is 0 Å². The molecule has 1 aromatic rings. The van der Waals surface area contributed by atoms with E-state index in [1.165, 1.54) is 0 Å². The average Bonchev–Trinajstić information content (AvgIpc) is 3.63. The molecule has 2 bridgehead atoms. The van der Waals surface area contributed by atoms with Gasteiger partial charge in [-0.25, -0.2) is 18.1 Å². The fourth-order valence-electron chi connectivity index (χ4n) is 5.22. The van der Waals surface area contributed by atoms with Crippen LogP contribution < -0.4 is 9.46 Å². The van der Waals surface area contributed by atoms with E-state index in [-0.39, 0.29) is 36.0 Å². The van der Waals surface area contributed by atoms with Crippen LogP contribution in [0.1, 0.15) is 62.8 Å². The van der Waals surface area contributed by atoms with Crippen LogP contribution in [0.5, 0.6) is 5.88 Å². The molecule has 0 aromatic carbocycles. The maximum absolute atomic E-state index is 13.1. The smallest absolute Gasteiger partial charge is 0.260 e. The topological polar surface area (TPSA) is 97.8 Å². The lowest BCUT2D eigenvalue weighted by Gasteiger charge is -2.42. The number of piperidine rings is 1. The molecule has 1 aromatic heterocycles. The molecule has 1 N–H and O–H groups in total. The van der Waals surface area contributed by atoms with Gasteiger partial charge in [-0.15, -0.1) is 0 Å². The first kappa shape index (κ1) is 21.2. The molecule has 5 aliphatic rings. The highest BCUT2D eigenvalue weighted by atomic mass is 32.2. The zero-order chi connectivity index (χ0) is 21.4. The van der Waals surface area contributed by atoms with Gasteiger partial charge in [-0.05, 0) is 63.4 Å². The number of nitrogens with one attached hydrogen (secondary N) is 1. The van der Waals surface area contributed by atoms with Gasteiger partial charge in [-0.2, -0.15) is 0 Å². The largest absolute Gasteiger partial charge is 0.467 e. The molecule has 31 heavy (non-hydrogen) atoms. The van der Waals surface area contributed by atoms with Gasteiger partial charge in [0, 0.05) is 24.3 Å². The molecular weight excluding hydrogens is 418 g/mol. The number of nitrogens with zero attached hydrogens (tertiary/aromatic N) is 2. The molecule has 2 atom stereocenters. The van der Waals surface area contributed by atoms with Gasteiger partial charge < -0.3 is 14.4 Å². The molecule has 2 aliphatic carbocycles. The zero-order valence-electron chi connectivity index (χ0n) is 17.7. The Kier molecular flexibility index (Phi) is 5.92. The van der Waals surface area contributed by atoms with Gasteiger partial charge in [-0.3, -0.25) is 4.79 Å². The van der Waals surface area contributed by atoms with E-state index in [4.69, 9.17) is 9.47 Å². The van der Waals surface area contributed by atoms with Crippen LogP contribution in [-0.2, 0) is 19.6 Å². The number of amides is 1. The number of fused-ring (bicyclic) bond motifs is 5. The maximum Gasteiger partial charge on any atom is 0.260 e. The molecule has 3 fully saturated rings. The van der Waals surface area contributed by atoms with E-state index in [1.807, 2.05) is 12.1 Å². The van der Waals surface area contributed by atoms with Crippen LogP contribution in [0.3, 0.4) is 0 Å². The molecule has 1 saturated heterocycles. The lowest BCUT2D eigenvalue weighted by Crippen LogP contribution is -2.60. The zero-order valence-corrected chi connectivity index (χ0v) is 18.6. The number of sulfonamides is 1. The Morgan fingerprint density at radius 2 is 1.90 bits per heavy atom. The van der Waals surface area contributed by atoms with Crippen LogP contribution in [0.25, 0.3) is 0 Å². The monoisotopic (exact) mass is 449 g/mol. The fraction of sp³-hybridized carbons (Fsp3) is 0.727. The Bertz CT molecular complexity index is 911. The summed E-state index contributed by atoms with van der Waals surface area (Å²) < 4.78 is 40.3. The number of hydrogen-bond donors (Lipinski definition) is 1. The number of rotatable bonds is 3. The van der Waals surface area contributed by atoms with Crippen LogP contribution in [0.4, 0.5) is 0 Å². The standard InChI is InChI=1S/C22H31N3O5S/c26-21-14-30-22-18(3-1-11-23-22)15-5-7-16(8-6-15)29-13-20-19(4-2-12-25(20)21)24-31(27,28)17-9-10-17/h1,3,11,15-17,19-20,24H,2,4-10,12-14H2/t15?,16?,19-,20?/m0/s1. The van der Waals surface area contributed by atoms with E-state index >= 15 is 0 Å². The molecule has 2 saturated carbocycles. The number of carbonyl (C=O) groups excluding carboxylic acids is 1. The van der Waals surface area contributed by atoms with Crippen molar-refractivity contribution in [3.05, 3.63) is 23.9 Å². The Balaban J connectivity index is 1.40. The lowest BCUT2D eigenvalue weighted by atomic mass is 9.83. The fourth-order valence-corrected chi connectivity index (χ4v) is 6.86. The van der Waals surface area contributed by atoms with E-state index in [0.29, 0.717) is 31.4 Å². The summed E-state index contributed by atoms with van der Waals surface area (Å²) in [7, 11) is -3.35. The van der Waals surface area contributed by atoms with E-state index in [1.54, 1.807) is 11.1 Å². The molecule has 8 nitrogen and oxygen atoms in total. The molecule has 1 unspecified atom stereocenters. The van der Waals surface area contributed by atoms with Gasteiger partial charge in [0.05, 0.1) is 24.0 Å². The van der Waals surface area contributed by atoms with Crippen molar-refractivity contribution in [3.63, 3.8) is 0 Å². The summed E-state index contributed by atoms with van der Waals surface area (Å²) in [5.41, 5.74) is 1.07. The Hall–Kier alpha value is -1.71. The second kappa shape index (κ2) is 8.67. The van der Waals surface area contributed by atoms with Crippen molar-refractivity contribution in [2.45, 2.75) is 80.7 Å². The van der Waals surface area contributed by atoms with E-state index in [9.17, 15) is 13.2 Å². The van der Waals surface area contributed by atoms with Gasteiger partial charge in [0.25, 0.3) is 5.91 Å². The first-order chi connectivity index (χ1) is 15.0. The SMILES string of the molecule is O=C1COc2ncccc2C2CCC(CC2)OCC2[C@@H](NS(=O)(=O)C3CC3)CCCN12. The first-order valence-corrected chi connectivity index (χ1v) is 13.1. The molecule has 0 spiro atoms. The van der Waals surface area contributed by atoms with Crippen LogP contribution in [0.15, 0.2) is 18.3 Å². The number of ether oxygens (including phenoxy) is 2. The number of aromatic nitrogens is 1. The van der Waals surface area contributed by atoms with Crippen molar-refractivity contribution < 1.29 is 22.7 Å². The highest BCUT2D eigenvalue weighted by molar-refractivity contribution is 7.90. The second-order valence-electron chi connectivity index (χ2n) is 9.26. The van der Waals surface area contributed by atoms with Gasteiger partial charge in [-0.1, -0.05) is 6.07 Å². The molecule has 170 valence electrons. The average molecular weight is 450 g/mol. The lowest BCUT2D eigenvalue weighted by molar-refractivity contribution is -0.140. The summed E-state index contributed by atoms with van der Waals surface area (Å²) in [6.07, 6.45) is 8.60. The normalized spacial score (nSPS) is 32.1. The summed E-state index contributed by atoms with van der Waals surface area (Å²) >= 11 is 0. The van der Waals surface area contributed by atoms with E-state index < -0.39 is 10.0 Å². The number of hydrogen-bond acceptors (Lipinski definition) is 6. The Labute approximate surface area is 183 Å². The van der Waals surface area contributed by atoms with Gasteiger partial charge in [0.1, 0.15) is 0 Å². The van der Waals surface area contributed by atoms with Crippen molar-refractivity contribution in [3.8, 4) is 5.88 Å². The number of carbonyl (C=O) groups is 1. The van der Waals surface area contributed by atoms with Gasteiger partial charge >= 0.3 is 0 Å². The van der Waals surface area contributed by atoms with Crippen molar-refractivity contribution in [2.75, 3.05) is 19.8 Å². The van der Waals surface area contributed by atoms with Crippen LogP contribution in [0.2, 0.25) is 0 Å². The van der Waals surface area contributed by atoms with E-state index in [2.05, 4.69) is 9.71 Å². The molecule has 9 heteroatoms. The summed E-state index contributed by atoms with van der Waals surface area (Å²) in [5.74, 6) is 0.756. The predicted octanol–water partition coefficient (Wildman–Crippen LogP) is 1.96.